The summed E-state index contributed by atoms with van der Waals surface area (Å²) in [6.07, 6.45) is 4.41. The van der Waals surface area contributed by atoms with E-state index in [0.717, 1.165) is 58.3 Å². The molecule has 0 aromatic rings. The van der Waals surface area contributed by atoms with Crippen LogP contribution < -0.4 is 10.6 Å². The van der Waals surface area contributed by atoms with Crippen LogP contribution in [0.2, 0.25) is 0 Å². The fourth-order valence-corrected chi connectivity index (χ4v) is 3.41. The van der Waals surface area contributed by atoms with Crippen LogP contribution >= 0.6 is 0 Å². The average molecular weight is 296 g/mol. The molecule has 0 aromatic carbocycles. The van der Waals surface area contributed by atoms with Crippen molar-refractivity contribution in [1.29, 1.82) is 0 Å². The normalized spacial score (nSPS) is 33.4. The first kappa shape index (κ1) is 15.1. The van der Waals surface area contributed by atoms with E-state index in [0.29, 0.717) is 18.2 Å². The molecule has 120 valence electrons. The van der Waals surface area contributed by atoms with E-state index in [1.165, 1.54) is 12.8 Å². The number of ether oxygens (including phenoxy) is 2. The van der Waals surface area contributed by atoms with Crippen molar-refractivity contribution in [1.82, 2.24) is 15.5 Å². The minimum atomic E-state index is 0.387. The van der Waals surface area contributed by atoms with Gasteiger partial charge in [-0.25, -0.2) is 0 Å². The molecular weight excluding hydrogens is 268 g/mol. The Balaban J connectivity index is 1.45. The van der Waals surface area contributed by atoms with Gasteiger partial charge in [-0.05, 0) is 26.2 Å². The molecule has 3 aliphatic rings. The smallest absolute Gasteiger partial charge is 0.191 e. The molecule has 3 heterocycles. The van der Waals surface area contributed by atoms with Crippen LogP contribution in [-0.4, -0.2) is 75.0 Å². The molecule has 2 bridgehead atoms. The van der Waals surface area contributed by atoms with Crippen LogP contribution in [0.15, 0.2) is 4.99 Å². The highest BCUT2D eigenvalue weighted by Crippen LogP contribution is 2.34. The first-order valence-electron chi connectivity index (χ1n) is 8.35. The summed E-state index contributed by atoms with van der Waals surface area (Å²) in [6, 6.07) is 0.435. The van der Waals surface area contributed by atoms with Gasteiger partial charge >= 0.3 is 0 Å². The van der Waals surface area contributed by atoms with E-state index >= 15 is 0 Å². The Kier molecular flexibility index (Phi) is 5.32. The van der Waals surface area contributed by atoms with Crippen molar-refractivity contribution < 1.29 is 9.47 Å². The molecule has 3 saturated heterocycles. The second-order valence-corrected chi connectivity index (χ2v) is 6.08. The number of rotatable bonds is 5. The Hall–Kier alpha value is -0.850. The predicted octanol–water partition coefficient (Wildman–Crippen LogP) is 0.194. The summed E-state index contributed by atoms with van der Waals surface area (Å²) in [5, 5.41) is 6.90. The van der Waals surface area contributed by atoms with Gasteiger partial charge in [0.1, 0.15) is 0 Å². The molecule has 3 atom stereocenters. The number of morpholine rings is 1. The van der Waals surface area contributed by atoms with Crippen molar-refractivity contribution in [3.63, 3.8) is 0 Å². The van der Waals surface area contributed by atoms with Gasteiger partial charge in [0.25, 0.3) is 0 Å². The van der Waals surface area contributed by atoms with Crippen LogP contribution in [0, 0.1) is 0 Å². The van der Waals surface area contributed by atoms with Crippen LogP contribution in [0.3, 0.4) is 0 Å². The van der Waals surface area contributed by atoms with Crippen LogP contribution in [0.5, 0.6) is 0 Å². The molecule has 0 spiro atoms. The molecule has 3 unspecified atom stereocenters. The molecule has 3 fully saturated rings. The van der Waals surface area contributed by atoms with E-state index in [-0.39, 0.29) is 0 Å². The van der Waals surface area contributed by atoms with Gasteiger partial charge in [0.2, 0.25) is 0 Å². The third-order valence-electron chi connectivity index (χ3n) is 4.56. The van der Waals surface area contributed by atoms with Gasteiger partial charge in [0, 0.05) is 26.2 Å². The Morgan fingerprint density at radius 1 is 1.29 bits per heavy atom. The van der Waals surface area contributed by atoms with Gasteiger partial charge in [-0.2, -0.15) is 0 Å². The van der Waals surface area contributed by atoms with Gasteiger partial charge in [-0.1, -0.05) is 0 Å². The molecule has 6 heteroatoms. The maximum Gasteiger partial charge on any atom is 0.191 e. The van der Waals surface area contributed by atoms with Gasteiger partial charge in [-0.3, -0.25) is 9.89 Å². The molecule has 0 aliphatic carbocycles. The number of fused-ring (bicyclic) bond motifs is 2. The Morgan fingerprint density at radius 3 is 2.81 bits per heavy atom. The third kappa shape index (κ3) is 4.08. The van der Waals surface area contributed by atoms with E-state index in [1.54, 1.807) is 0 Å². The number of hydrogen-bond acceptors (Lipinski definition) is 4. The maximum absolute atomic E-state index is 5.90. The zero-order chi connectivity index (χ0) is 14.5. The summed E-state index contributed by atoms with van der Waals surface area (Å²) in [6.45, 7) is 8.60. The standard InChI is InChI=1S/C15H28N4O2/c1-2-16-15(17-5-6-19-7-9-20-10-8-19)18-13-11-12-3-4-14(13)21-12/h12-14H,2-11H2,1H3,(H2,16,17,18). The monoisotopic (exact) mass is 296 g/mol. The molecule has 0 amide bonds. The summed E-state index contributed by atoms with van der Waals surface area (Å²) in [7, 11) is 0. The summed E-state index contributed by atoms with van der Waals surface area (Å²) in [5.74, 6) is 0.937. The van der Waals surface area contributed by atoms with Gasteiger partial charge in [0.15, 0.2) is 5.96 Å². The number of hydrogen-bond donors (Lipinski definition) is 2. The van der Waals surface area contributed by atoms with Crippen LogP contribution in [0.25, 0.3) is 0 Å². The van der Waals surface area contributed by atoms with Gasteiger partial charge < -0.3 is 20.1 Å². The van der Waals surface area contributed by atoms with E-state index in [4.69, 9.17) is 14.5 Å². The SMILES string of the molecule is CCNC(=NCCN1CCOCC1)NC1CC2CCC1O2. The molecule has 0 aromatic heterocycles. The number of aliphatic imine (C=N–C) groups is 1. The summed E-state index contributed by atoms with van der Waals surface area (Å²) >= 11 is 0. The van der Waals surface area contributed by atoms with E-state index in [1.807, 2.05) is 0 Å². The lowest BCUT2D eigenvalue weighted by Crippen LogP contribution is -2.47. The zero-order valence-corrected chi connectivity index (χ0v) is 13.0. The minimum Gasteiger partial charge on any atom is -0.379 e. The minimum absolute atomic E-state index is 0.387. The Labute approximate surface area is 127 Å². The van der Waals surface area contributed by atoms with E-state index in [9.17, 15) is 0 Å². The lowest BCUT2D eigenvalue weighted by atomic mass is 9.96. The van der Waals surface area contributed by atoms with E-state index < -0.39 is 0 Å². The van der Waals surface area contributed by atoms with Crippen molar-refractivity contribution >= 4 is 5.96 Å². The summed E-state index contributed by atoms with van der Waals surface area (Å²) in [4.78, 5) is 7.12. The molecule has 21 heavy (non-hydrogen) atoms. The highest BCUT2D eigenvalue weighted by molar-refractivity contribution is 5.80. The number of nitrogens with one attached hydrogen (secondary N) is 2. The first-order chi connectivity index (χ1) is 10.3. The van der Waals surface area contributed by atoms with Gasteiger partial charge in [0.05, 0.1) is 38.0 Å². The van der Waals surface area contributed by atoms with Crippen molar-refractivity contribution in [2.24, 2.45) is 4.99 Å². The van der Waals surface area contributed by atoms with Crippen molar-refractivity contribution in [2.45, 2.75) is 44.4 Å². The molecule has 6 nitrogen and oxygen atoms in total. The summed E-state index contributed by atoms with van der Waals surface area (Å²) < 4.78 is 11.3. The molecular formula is C15H28N4O2. The second-order valence-electron chi connectivity index (χ2n) is 6.08. The maximum atomic E-state index is 5.90. The first-order valence-corrected chi connectivity index (χ1v) is 8.35. The van der Waals surface area contributed by atoms with Crippen LogP contribution in [0.4, 0.5) is 0 Å². The van der Waals surface area contributed by atoms with Crippen LogP contribution in [-0.2, 0) is 9.47 Å². The Morgan fingerprint density at radius 2 is 2.14 bits per heavy atom. The van der Waals surface area contributed by atoms with Crippen molar-refractivity contribution in [3.05, 3.63) is 0 Å². The van der Waals surface area contributed by atoms with Crippen molar-refractivity contribution in [3.8, 4) is 0 Å². The molecule has 0 radical (unpaired) electrons. The Bertz CT molecular complexity index is 358. The second kappa shape index (κ2) is 7.42. The molecule has 3 rings (SSSR count). The number of nitrogens with zero attached hydrogens (tertiary/aromatic N) is 2. The fraction of sp³-hybridized carbons (Fsp3) is 0.933. The average Bonchev–Trinajstić information content (AvgIpc) is 3.11. The third-order valence-corrected chi connectivity index (χ3v) is 4.56. The highest BCUT2D eigenvalue weighted by Gasteiger charge is 2.41. The fourth-order valence-electron chi connectivity index (χ4n) is 3.41. The molecule has 0 saturated carbocycles. The van der Waals surface area contributed by atoms with Gasteiger partial charge in [-0.15, -0.1) is 0 Å². The largest absolute Gasteiger partial charge is 0.379 e. The quantitative estimate of drug-likeness (QED) is 0.560. The topological polar surface area (TPSA) is 58.1 Å². The van der Waals surface area contributed by atoms with Crippen LogP contribution in [0.1, 0.15) is 26.2 Å². The zero-order valence-electron chi connectivity index (χ0n) is 13.0. The number of guanidine groups is 1. The lowest BCUT2D eigenvalue weighted by molar-refractivity contribution is 0.0394. The van der Waals surface area contributed by atoms with E-state index in [2.05, 4.69) is 22.5 Å². The highest BCUT2D eigenvalue weighted by atomic mass is 16.5. The molecule has 2 N–H and O–H groups in total. The predicted molar refractivity (Wildman–Crippen MR) is 82.7 cm³/mol. The molecule has 3 aliphatic heterocycles. The van der Waals surface area contributed by atoms with Crippen molar-refractivity contribution in [2.75, 3.05) is 45.9 Å². The lowest BCUT2D eigenvalue weighted by Gasteiger charge is -2.26. The summed E-state index contributed by atoms with van der Waals surface area (Å²) in [5.41, 5.74) is 0.